The summed E-state index contributed by atoms with van der Waals surface area (Å²) in [5.74, 6) is 0.102. The summed E-state index contributed by atoms with van der Waals surface area (Å²) in [6.07, 6.45) is 5.50. The van der Waals surface area contributed by atoms with Crippen LogP contribution in [0.5, 0.6) is 0 Å². The molecule has 1 saturated heterocycles. The zero-order valence-electron chi connectivity index (χ0n) is 13.5. The Bertz CT molecular complexity index is 471. The number of nitrogens with one attached hydrogen (secondary N) is 2. The normalized spacial score (nSPS) is 15.1. The molecule has 2 N–H and O–H groups in total. The molecule has 130 valence electrons. The summed E-state index contributed by atoms with van der Waals surface area (Å²) in [4.78, 5) is 26.0. The van der Waals surface area contributed by atoms with Crippen LogP contribution < -0.4 is 10.6 Å². The van der Waals surface area contributed by atoms with Crippen LogP contribution in [-0.4, -0.2) is 49.4 Å². The third-order valence-corrected chi connectivity index (χ3v) is 3.95. The second-order valence-electron chi connectivity index (χ2n) is 5.62. The second-order valence-corrected chi connectivity index (χ2v) is 5.62. The quantitative estimate of drug-likeness (QED) is 0.738. The number of hydrogen-bond acceptors (Lipinski definition) is 4. The van der Waals surface area contributed by atoms with Crippen molar-refractivity contribution in [2.75, 3.05) is 32.7 Å². The van der Waals surface area contributed by atoms with Crippen LogP contribution in [0.3, 0.4) is 0 Å². The van der Waals surface area contributed by atoms with Crippen molar-refractivity contribution in [3.63, 3.8) is 0 Å². The van der Waals surface area contributed by atoms with Crippen molar-refractivity contribution in [2.24, 2.45) is 5.92 Å². The Morgan fingerprint density at radius 1 is 1.26 bits per heavy atom. The van der Waals surface area contributed by atoms with Crippen LogP contribution in [0.4, 0.5) is 0 Å². The number of likely N-dealkylation sites (tertiary alicyclic amines) is 1. The zero-order valence-corrected chi connectivity index (χ0v) is 14.4. The highest BCUT2D eigenvalue weighted by Crippen LogP contribution is 2.19. The monoisotopic (exact) mass is 343 g/mol. The molecule has 23 heavy (non-hydrogen) atoms. The lowest BCUT2D eigenvalue weighted by atomic mass is 9.95. The summed E-state index contributed by atoms with van der Waals surface area (Å²) in [6.45, 7) is 5.80. The summed E-state index contributed by atoms with van der Waals surface area (Å²) < 4.78 is 4.94. The van der Waals surface area contributed by atoms with E-state index in [1.807, 2.05) is 0 Å². The number of nitrogens with zero attached hydrogens (tertiary/aromatic N) is 1. The smallest absolute Gasteiger partial charge is 0.257 e. The van der Waals surface area contributed by atoms with Gasteiger partial charge in [0.15, 0.2) is 0 Å². The van der Waals surface area contributed by atoms with Gasteiger partial charge in [-0.25, -0.2) is 0 Å². The predicted molar refractivity (Wildman–Crippen MR) is 90.8 cm³/mol. The average molecular weight is 344 g/mol. The molecule has 2 amide bonds. The lowest BCUT2D eigenvalue weighted by molar-refractivity contribution is -0.126. The molecule has 1 aliphatic rings. The van der Waals surface area contributed by atoms with Gasteiger partial charge in [-0.1, -0.05) is 6.92 Å². The van der Waals surface area contributed by atoms with E-state index in [-0.39, 0.29) is 30.1 Å². The molecule has 0 aromatic carbocycles. The number of piperidine rings is 1. The van der Waals surface area contributed by atoms with Crippen LogP contribution in [0.2, 0.25) is 0 Å². The van der Waals surface area contributed by atoms with Crippen molar-refractivity contribution < 1.29 is 14.0 Å². The van der Waals surface area contributed by atoms with Gasteiger partial charge in [-0.2, -0.15) is 0 Å². The lowest BCUT2D eigenvalue weighted by Crippen LogP contribution is -2.44. The van der Waals surface area contributed by atoms with E-state index in [4.69, 9.17) is 4.42 Å². The van der Waals surface area contributed by atoms with Crippen LogP contribution in [0.25, 0.3) is 0 Å². The van der Waals surface area contributed by atoms with Gasteiger partial charge in [0.05, 0.1) is 11.8 Å². The SMILES string of the molecule is CCCNCCNC(=O)C1CCN(C(=O)c2ccoc2)CC1.Cl. The Morgan fingerprint density at radius 2 is 2.00 bits per heavy atom. The van der Waals surface area contributed by atoms with Crippen molar-refractivity contribution in [3.05, 3.63) is 24.2 Å². The maximum Gasteiger partial charge on any atom is 0.257 e. The number of carbonyl (C=O) groups excluding carboxylic acids is 2. The first-order chi connectivity index (χ1) is 10.7. The lowest BCUT2D eigenvalue weighted by Gasteiger charge is -2.31. The van der Waals surface area contributed by atoms with E-state index < -0.39 is 0 Å². The summed E-state index contributed by atoms with van der Waals surface area (Å²) in [6, 6.07) is 1.67. The molecule has 0 spiro atoms. The van der Waals surface area contributed by atoms with Gasteiger partial charge in [0.2, 0.25) is 5.91 Å². The molecular weight excluding hydrogens is 318 g/mol. The van der Waals surface area contributed by atoms with Crippen LogP contribution in [0.1, 0.15) is 36.5 Å². The third-order valence-electron chi connectivity index (χ3n) is 3.95. The minimum absolute atomic E-state index is 0. The molecule has 0 unspecified atom stereocenters. The number of rotatable bonds is 7. The number of furan rings is 1. The van der Waals surface area contributed by atoms with Crippen LogP contribution in [-0.2, 0) is 4.79 Å². The van der Waals surface area contributed by atoms with E-state index in [1.54, 1.807) is 11.0 Å². The predicted octanol–water partition coefficient (Wildman–Crippen LogP) is 1.67. The van der Waals surface area contributed by atoms with Gasteiger partial charge < -0.3 is 20.0 Å². The van der Waals surface area contributed by atoms with Crippen molar-refractivity contribution in [1.29, 1.82) is 0 Å². The maximum atomic E-state index is 12.2. The molecule has 0 bridgehead atoms. The summed E-state index contributed by atoms with van der Waals surface area (Å²) in [5, 5.41) is 6.22. The number of hydrogen-bond donors (Lipinski definition) is 2. The molecule has 2 heterocycles. The summed E-state index contributed by atoms with van der Waals surface area (Å²) in [5.41, 5.74) is 0.574. The van der Waals surface area contributed by atoms with Crippen molar-refractivity contribution >= 4 is 24.2 Å². The maximum absolute atomic E-state index is 12.2. The fraction of sp³-hybridized carbons (Fsp3) is 0.625. The van der Waals surface area contributed by atoms with E-state index in [1.165, 1.54) is 12.5 Å². The van der Waals surface area contributed by atoms with Gasteiger partial charge in [-0.3, -0.25) is 9.59 Å². The molecule has 1 aromatic heterocycles. The molecule has 7 heteroatoms. The van der Waals surface area contributed by atoms with Gasteiger partial charge in [0.25, 0.3) is 5.91 Å². The highest BCUT2D eigenvalue weighted by Gasteiger charge is 2.27. The first kappa shape index (κ1) is 19.5. The Kier molecular flexibility index (Phi) is 8.73. The molecule has 1 fully saturated rings. The molecule has 2 rings (SSSR count). The molecule has 0 aliphatic carbocycles. The Morgan fingerprint density at radius 3 is 2.61 bits per heavy atom. The molecular formula is C16H26ClN3O3. The van der Waals surface area contributed by atoms with Crippen molar-refractivity contribution in [1.82, 2.24) is 15.5 Å². The largest absolute Gasteiger partial charge is 0.472 e. The van der Waals surface area contributed by atoms with Gasteiger partial charge in [0, 0.05) is 32.1 Å². The van der Waals surface area contributed by atoms with Gasteiger partial charge in [0.1, 0.15) is 6.26 Å². The minimum Gasteiger partial charge on any atom is -0.472 e. The highest BCUT2D eigenvalue weighted by molar-refractivity contribution is 5.94. The fourth-order valence-electron chi connectivity index (χ4n) is 2.63. The molecule has 6 nitrogen and oxygen atoms in total. The minimum atomic E-state index is -0.0172. The van der Waals surface area contributed by atoms with Crippen LogP contribution >= 0.6 is 12.4 Å². The number of halogens is 1. The first-order valence-corrected chi connectivity index (χ1v) is 8.02. The van der Waals surface area contributed by atoms with E-state index >= 15 is 0 Å². The topological polar surface area (TPSA) is 74.6 Å². The Labute approximate surface area is 143 Å². The van der Waals surface area contributed by atoms with Crippen molar-refractivity contribution in [2.45, 2.75) is 26.2 Å². The van der Waals surface area contributed by atoms with Crippen LogP contribution in [0.15, 0.2) is 23.0 Å². The third kappa shape index (κ3) is 5.88. The van der Waals surface area contributed by atoms with E-state index in [9.17, 15) is 9.59 Å². The number of amides is 2. The second kappa shape index (κ2) is 10.3. The van der Waals surface area contributed by atoms with Gasteiger partial charge >= 0.3 is 0 Å². The summed E-state index contributed by atoms with van der Waals surface area (Å²) in [7, 11) is 0. The molecule has 1 aromatic rings. The highest BCUT2D eigenvalue weighted by atomic mass is 35.5. The summed E-state index contributed by atoms with van der Waals surface area (Å²) >= 11 is 0. The zero-order chi connectivity index (χ0) is 15.8. The standard InChI is InChI=1S/C16H25N3O3.ClH/c1-2-6-17-7-8-18-15(20)13-3-9-19(10-4-13)16(21)14-5-11-22-12-14;/h5,11-13,17H,2-4,6-10H2,1H3,(H,18,20);1H. The van der Waals surface area contributed by atoms with Crippen molar-refractivity contribution in [3.8, 4) is 0 Å². The molecule has 1 aliphatic heterocycles. The van der Waals surface area contributed by atoms with E-state index in [2.05, 4.69) is 17.6 Å². The average Bonchev–Trinajstić information content (AvgIpc) is 3.08. The van der Waals surface area contributed by atoms with Crippen LogP contribution in [0, 0.1) is 5.92 Å². The van der Waals surface area contributed by atoms with Gasteiger partial charge in [-0.15, -0.1) is 12.4 Å². The molecule has 0 saturated carbocycles. The van der Waals surface area contributed by atoms with E-state index in [0.717, 1.165) is 32.4 Å². The van der Waals surface area contributed by atoms with Gasteiger partial charge in [-0.05, 0) is 31.9 Å². The Balaban J connectivity index is 0.00000264. The van der Waals surface area contributed by atoms with E-state index in [0.29, 0.717) is 25.2 Å². The fourth-order valence-corrected chi connectivity index (χ4v) is 2.63. The molecule has 0 atom stereocenters. The first-order valence-electron chi connectivity index (χ1n) is 8.02. The number of carbonyl (C=O) groups is 2. The molecule has 0 radical (unpaired) electrons. The Hall–Kier alpha value is -1.53.